The van der Waals surface area contributed by atoms with E-state index < -0.39 is 8.80 Å². The van der Waals surface area contributed by atoms with Crippen molar-refractivity contribution in [1.29, 1.82) is 0 Å². The monoisotopic (exact) mass is 270 g/mol. The minimum Gasteiger partial charge on any atom is -0.377 e. The zero-order valence-electron chi connectivity index (χ0n) is 8.64. The van der Waals surface area contributed by atoms with Crippen LogP contribution in [0.1, 0.15) is 19.3 Å². The highest BCUT2D eigenvalue weighted by atomic mass is 79.9. The van der Waals surface area contributed by atoms with Gasteiger partial charge >= 0.3 is 8.80 Å². The molecule has 0 aliphatic rings. The Hall–Kier alpha value is 0.577. The van der Waals surface area contributed by atoms with Gasteiger partial charge in [-0.25, -0.2) is 0 Å². The third-order valence-corrected chi connectivity index (χ3v) is 5.44. The molecule has 0 bridgehead atoms. The van der Waals surface area contributed by atoms with Gasteiger partial charge in [0.2, 0.25) is 0 Å². The molecule has 0 aliphatic carbocycles. The van der Waals surface area contributed by atoms with Gasteiger partial charge in [0.25, 0.3) is 0 Å². The second-order valence-corrected chi connectivity index (χ2v) is 6.68. The van der Waals surface area contributed by atoms with E-state index >= 15 is 0 Å². The normalized spacial score (nSPS) is 12.0. The summed E-state index contributed by atoms with van der Waals surface area (Å²) in [5.74, 6) is 0. The maximum absolute atomic E-state index is 5.30. The maximum atomic E-state index is 5.30. The molecule has 0 saturated carbocycles. The van der Waals surface area contributed by atoms with Crippen LogP contribution in [-0.2, 0) is 13.3 Å². The first-order valence-electron chi connectivity index (χ1n) is 4.46. The second kappa shape index (κ2) is 7.93. The SMILES string of the molecule is CO[Si](CCCCCBr)(OC)OC. The molecule has 0 aromatic carbocycles. The molecule has 0 fully saturated rings. The van der Waals surface area contributed by atoms with E-state index in [4.69, 9.17) is 13.3 Å². The lowest BCUT2D eigenvalue weighted by atomic mass is 10.3. The van der Waals surface area contributed by atoms with Crippen LogP contribution >= 0.6 is 15.9 Å². The summed E-state index contributed by atoms with van der Waals surface area (Å²) >= 11 is 3.40. The Morgan fingerprint density at radius 2 is 1.46 bits per heavy atom. The first-order chi connectivity index (χ1) is 6.24. The molecule has 0 rings (SSSR count). The van der Waals surface area contributed by atoms with E-state index in [2.05, 4.69) is 15.9 Å². The molecule has 0 radical (unpaired) electrons. The van der Waals surface area contributed by atoms with Crippen molar-refractivity contribution in [2.75, 3.05) is 26.7 Å². The van der Waals surface area contributed by atoms with Gasteiger partial charge in [0.1, 0.15) is 0 Å². The third kappa shape index (κ3) is 5.12. The fourth-order valence-corrected chi connectivity index (χ4v) is 3.36. The number of unbranched alkanes of at least 4 members (excludes halogenated alkanes) is 2. The van der Waals surface area contributed by atoms with Crippen molar-refractivity contribution in [1.82, 2.24) is 0 Å². The lowest BCUT2D eigenvalue weighted by Crippen LogP contribution is -2.42. The zero-order valence-corrected chi connectivity index (χ0v) is 11.2. The van der Waals surface area contributed by atoms with E-state index in [1.165, 1.54) is 12.8 Å². The quantitative estimate of drug-likeness (QED) is 0.385. The number of hydrogen-bond donors (Lipinski definition) is 0. The summed E-state index contributed by atoms with van der Waals surface area (Å²) in [5.41, 5.74) is 0. The summed E-state index contributed by atoms with van der Waals surface area (Å²) in [4.78, 5) is 0. The molecular formula is C8H19BrO3Si. The van der Waals surface area contributed by atoms with Gasteiger partial charge in [-0.3, -0.25) is 0 Å². The lowest BCUT2D eigenvalue weighted by molar-refractivity contribution is 0.123. The van der Waals surface area contributed by atoms with Crippen LogP contribution in [0.5, 0.6) is 0 Å². The summed E-state index contributed by atoms with van der Waals surface area (Å²) in [6, 6.07) is 0.906. The number of hydrogen-bond acceptors (Lipinski definition) is 3. The van der Waals surface area contributed by atoms with Crippen molar-refractivity contribution in [2.24, 2.45) is 0 Å². The number of alkyl halides is 1. The van der Waals surface area contributed by atoms with Crippen molar-refractivity contribution < 1.29 is 13.3 Å². The van der Waals surface area contributed by atoms with E-state index in [0.29, 0.717) is 0 Å². The molecule has 0 N–H and O–H groups in total. The summed E-state index contributed by atoms with van der Waals surface area (Å²) in [7, 11) is 2.69. The van der Waals surface area contributed by atoms with Crippen LogP contribution in [0.15, 0.2) is 0 Å². The topological polar surface area (TPSA) is 27.7 Å². The zero-order chi connectivity index (χ0) is 10.2. The highest BCUT2D eigenvalue weighted by Gasteiger charge is 2.36. The van der Waals surface area contributed by atoms with E-state index in [-0.39, 0.29) is 0 Å². The van der Waals surface area contributed by atoms with Gasteiger partial charge in [0.05, 0.1) is 0 Å². The molecular weight excluding hydrogens is 252 g/mol. The second-order valence-electron chi connectivity index (χ2n) is 2.80. The molecule has 0 amide bonds. The molecule has 80 valence electrons. The van der Waals surface area contributed by atoms with E-state index in [0.717, 1.165) is 17.8 Å². The summed E-state index contributed by atoms with van der Waals surface area (Å²) < 4.78 is 15.9. The van der Waals surface area contributed by atoms with Gasteiger partial charge < -0.3 is 13.3 Å². The Kier molecular flexibility index (Phi) is 8.28. The summed E-state index contributed by atoms with van der Waals surface area (Å²) in [6.45, 7) is 0. The number of halogens is 1. The summed E-state index contributed by atoms with van der Waals surface area (Å²) in [5, 5.41) is 1.06. The smallest absolute Gasteiger partial charge is 0.377 e. The molecule has 5 heteroatoms. The fraction of sp³-hybridized carbons (Fsp3) is 1.00. The predicted octanol–water partition coefficient (Wildman–Crippen LogP) is 2.43. The van der Waals surface area contributed by atoms with Gasteiger partial charge in [-0.05, 0) is 12.8 Å². The lowest BCUT2D eigenvalue weighted by Gasteiger charge is -2.24. The van der Waals surface area contributed by atoms with Gasteiger partial charge in [-0.2, -0.15) is 0 Å². The first kappa shape index (κ1) is 13.6. The van der Waals surface area contributed by atoms with E-state index in [1.807, 2.05) is 0 Å². The highest BCUT2D eigenvalue weighted by Crippen LogP contribution is 2.17. The predicted molar refractivity (Wildman–Crippen MR) is 59.2 cm³/mol. The van der Waals surface area contributed by atoms with Crippen molar-refractivity contribution in [3.8, 4) is 0 Å². The van der Waals surface area contributed by atoms with Gasteiger partial charge in [-0.15, -0.1) is 0 Å². The van der Waals surface area contributed by atoms with Crippen molar-refractivity contribution >= 4 is 24.7 Å². The van der Waals surface area contributed by atoms with Gasteiger partial charge in [0, 0.05) is 32.7 Å². The van der Waals surface area contributed by atoms with Crippen LogP contribution in [-0.4, -0.2) is 35.5 Å². The average Bonchev–Trinajstić information content (AvgIpc) is 2.20. The molecule has 3 nitrogen and oxygen atoms in total. The Morgan fingerprint density at radius 3 is 1.85 bits per heavy atom. The molecule has 13 heavy (non-hydrogen) atoms. The Labute approximate surface area is 90.3 Å². The standard InChI is InChI=1S/C8H19BrO3Si/c1-10-13(11-2,12-3)8-6-4-5-7-9/h4-8H2,1-3H3. The van der Waals surface area contributed by atoms with Gasteiger partial charge in [-0.1, -0.05) is 22.4 Å². The summed E-state index contributed by atoms with van der Waals surface area (Å²) in [6.07, 6.45) is 3.49. The van der Waals surface area contributed by atoms with Crippen molar-refractivity contribution in [2.45, 2.75) is 25.3 Å². The van der Waals surface area contributed by atoms with Crippen molar-refractivity contribution in [3.63, 3.8) is 0 Å². The van der Waals surface area contributed by atoms with Crippen molar-refractivity contribution in [3.05, 3.63) is 0 Å². The minimum absolute atomic E-state index is 0.906. The fourth-order valence-electron chi connectivity index (χ4n) is 1.17. The molecule has 0 unspecified atom stereocenters. The Morgan fingerprint density at radius 1 is 0.923 bits per heavy atom. The van der Waals surface area contributed by atoms with E-state index in [9.17, 15) is 0 Å². The Bertz CT molecular complexity index is 112. The molecule has 0 atom stereocenters. The van der Waals surface area contributed by atoms with Crippen LogP contribution < -0.4 is 0 Å². The molecule has 0 saturated heterocycles. The van der Waals surface area contributed by atoms with Crippen LogP contribution in [0.3, 0.4) is 0 Å². The van der Waals surface area contributed by atoms with Crippen LogP contribution in [0.25, 0.3) is 0 Å². The number of rotatable bonds is 8. The molecule has 0 heterocycles. The van der Waals surface area contributed by atoms with E-state index in [1.54, 1.807) is 21.3 Å². The molecule has 0 aliphatic heterocycles. The van der Waals surface area contributed by atoms with Crippen LogP contribution in [0, 0.1) is 0 Å². The van der Waals surface area contributed by atoms with Crippen LogP contribution in [0.2, 0.25) is 6.04 Å². The molecule has 0 spiro atoms. The first-order valence-corrected chi connectivity index (χ1v) is 7.51. The van der Waals surface area contributed by atoms with Gasteiger partial charge in [0.15, 0.2) is 0 Å². The average molecular weight is 271 g/mol. The minimum atomic E-state index is -2.28. The van der Waals surface area contributed by atoms with Crippen LogP contribution in [0.4, 0.5) is 0 Å². The third-order valence-electron chi connectivity index (χ3n) is 2.05. The largest absolute Gasteiger partial charge is 0.500 e. The molecule has 0 aromatic heterocycles. The Balaban J connectivity index is 3.68. The highest BCUT2D eigenvalue weighted by molar-refractivity contribution is 9.09. The maximum Gasteiger partial charge on any atom is 0.500 e. The molecule has 0 aromatic rings.